The predicted molar refractivity (Wildman–Crippen MR) is 112 cm³/mol. The van der Waals surface area contributed by atoms with E-state index < -0.39 is 0 Å². The summed E-state index contributed by atoms with van der Waals surface area (Å²) >= 11 is 1.87. The highest BCUT2D eigenvalue weighted by Crippen LogP contribution is 2.38. The van der Waals surface area contributed by atoms with Crippen LogP contribution in [-0.2, 0) is 4.79 Å². The van der Waals surface area contributed by atoms with Gasteiger partial charge in [-0.25, -0.2) is 0 Å². The van der Waals surface area contributed by atoms with Gasteiger partial charge >= 0.3 is 0 Å². The van der Waals surface area contributed by atoms with Crippen molar-refractivity contribution in [2.75, 3.05) is 29.4 Å². The van der Waals surface area contributed by atoms with Gasteiger partial charge in [0.1, 0.15) is 0 Å². The fraction of sp³-hybridized carbons (Fsp3) is 0.450. The van der Waals surface area contributed by atoms with E-state index in [0.717, 1.165) is 50.4 Å². The minimum atomic E-state index is 0.0504. The van der Waals surface area contributed by atoms with Crippen LogP contribution in [0.4, 0.5) is 11.5 Å². The van der Waals surface area contributed by atoms with E-state index in [1.165, 1.54) is 9.53 Å². The van der Waals surface area contributed by atoms with Gasteiger partial charge < -0.3 is 9.80 Å². The lowest BCUT2D eigenvalue weighted by Gasteiger charge is -2.34. The molecule has 29 heavy (non-hydrogen) atoms. The molecule has 0 aliphatic carbocycles. The minimum absolute atomic E-state index is 0.0504. The number of carbonyl (C=O) groups excluding carboxylic acids is 1. The first kappa shape index (κ1) is 18.4. The van der Waals surface area contributed by atoms with Crippen molar-refractivity contribution in [2.45, 2.75) is 36.3 Å². The molecule has 2 aromatic heterocycles. The molecular formula is C20H23N7OS. The number of thioether (sulfide) groups is 1. The Balaban J connectivity index is 1.30. The van der Waals surface area contributed by atoms with Crippen LogP contribution >= 0.6 is 11.8 Å². The molecule has 150 valence electrons. The van der Waals surface area contributed by atoms with Gasteiger partial charge in [0.2, 0.25) is 5.91 Å². The average Bonchev–Trinajstić information content (AvgIpc) is 3.15. The minimum Gasteiger partial charge on any atom is -0.355 e. The number of fused-ring (bicyclic) bond motifs is 2. The lowest BCUT2D eigenvalue weighted by molar-refractivity contribution is -0.123. The summed E-state index contributed by atoms with van der Waals surface area (Å²) in [6, 6.07) is 12.1. The summed E-state index contributed by atoms with van der Waals surface area (Å²) in [5.74, 6) is 1.16. The van der Waals surface area contributed by atoms with Crippen molar-refractivity contribution >= 4 is 34.8 Å². The highest BCUT2D eigenvalue weighted by Gasteiger charge is 2.32. The largest absolute Gasteiger partial charge is 0.355 e. The third-order valence-electron chi connectivity index (χ3n) is 5.73. The predicted octanol–water partition coefficient (Wildman–Crippen LogP) is 2.65. The van der Waals surface area contributed by atoms with E-state index in [4.69, 9.17) is 0 Å². The fourth-order valence-electron chi connectivity index (χ4n) is 4.10. The molecule has 9 heteroatoms. The number of tetrazole rings is 1. The highest BCUT2D eigenvalue weighted by atomic mass is 32.2. The second-order valence-corrected chi connectivity index (χ2v) is 9.13. The molecule has 1 aromatic carbocycles. The Hall–Kier alpha value is -2.68. The monoisotopic (exact) mass is 409 g/mol. The van der Waals surface area contributed by atoms with Crippen LogP contribution in [0.15, 0.2) is 41.3 Å². The summed E-state index contributed by atoms with van der Waals surface area (Å²) in [7, 11) is 0. The average molecular weight is 410 g/mol. The van der Waals surface area contributed by atoms with E-state index in [1.807, 2.05) is 34.9 Å². The van der Waals surface area contributed by atoms with Crippen LogP contribution < -0.4 is 9.80 Å². The summed E-state index contributed by atoms with van der Waals surface area (Å²) in [6.45, 7) is 4.64. The van der Waals surface area contributed by atoms with Crippen molar-refractivity contribution in [1.29, 1.82) is 0 Å². The topological polar surface area (TPSA) is 79.5 Å². The van der Waals surface area contributed by atoms with Crippen molar-refractivity contribution in [3.63, 3.8) is 0 Å². The molecule has 0 saturated carbocycles. The maximum Gasteiger partial charge on any atom is 0.230 e. The van der Waals surface area contributed by atoms with Crippen LogP contribution in [0, 0.1) is 5.92 Å². The molecule has 2 aliphatic rings. The molecule has 0 spiro atoms. The Morgan fingerprint density at radius 1 is 1.07 bits per heavy atom. The SMILES string of the molecule is C[C@@H]1CCN(C(=O)C2CCN(c3ccc4nnnn4n3)CC2)c2ccccc2S1. The van der Waals surface area contributed by atoms with Gasteiger partial charge in [-0.15, -0.1) is 26.6 Å². The number of benzene rings is 1. The van der Waals surface area contributed by atoms with Gasteiger partial charge in [0.15, 0.2) is 11.5 Å². The lowest BCUT2D eigenvalue weighted by Crippen LogP contribution is -2.43. The van der Waals surface area contributed by atoms with Crippen LogP contribution in [0.2, 0.25) is 0 Å². The smallest absolute Gasteiger partial charge is 0.230 e. The first-order chi connectivity index (χ1) is 14.2. The highest BCUT2D eigenvalue weighted by molar-refractivity contribution is 8.00. The zero-order chi connectivity index (χ0) is 19.8. The van der Waals surface area contributed by atoms with E-state index in [2.05, 4.69) is 50.6 Å². The van der Waals surface area contributed by atoms with E-state index in [1.54, 1.807) is 0 Å². The standard InChI is InChI=1S/C20H23N7OS/c1-14-8-13-26(16-4-2-3-5-17(16)29-14)20(28)15-9-11-25(12-10-15)19-7-6-18-21-23-24-27(18)22-19/h2-7,14-15H,8-13H2,1H3/t14-/m1/s1. The number of amides is 1. The zero-order valence-corrected chi connectivity index (χ0v) is 17.1. The van der Waals surface area contributed by atoms with Crippen molar-refractivity contribution in [1.82, 2.24) is 25.3 Å². The van der Waals surface area contributed by atoms with Gasteiger partial charge in [0, 0.05) is 35.7 Å². The molecule has 0 radical (unpaired) electrons. The number of rotatable bonds is 2. The van der Waals surface area contributed by atoms with Crippen LogP contribution in [-0.4, -0.2) is 56.0 Å². The van der Waals surface area contributed by atoms with Crippen LogP contribution in [0.5, 0.6) is 0 Å². The molecule has 1 amide bonds. The number of aromatic nitrogens is 5. The molecule has 4 heterocycles. The summed E-state index contributed by atoms with van der Waals surface area (Å²) in [5, 5.41) is 16.4. The first-order valence-corrected chi connectivity index (χ1v) is 10.9. The maximum atomic E-state index is 13.4. The van der Waals surface area contributed by atoms with Crippen molar-refractivity contribution < 1.29 is 4.79 Å². The second kappa shape index (κ2) is 7.62. The molecule has 8 nitrogen and oxygen atoms in total. The van der Waals surface area contributed by atoms with Gasteiger partial charge in [0.25, 0.3) is 0 Å². The summed E-state index contributed by atoms with van der Waals surface area (Å²) < 4.78 is 1.44. The molecule has 3 aromatic rings. The molecule has 0 unspecified atom stereocenters. The van der Waals surface area contributed by atoms with Crippen LogP contribution in [0.25, 0.3) is 5.65 Å². The maximum absolute atomic E-state index is 13.4. The lowest BCUT2D eigenvalue weighted by atomic mass is 9.94. The first-order valence-electron chi connectivity index (χ1n) is 10.1. The number of carbonyl (C=O) groups is 1. The van der Waals surface area contributed by atoms with E-state index in [-0.39, 0.29) is 11.8 Å². The van der Waals surface area contributed by atoms with Crippen molar-refractivity contribution in [2.24, 2.45) is 5.92 Å². The van der Waals surface area contributed by atoms with E-state index in [0.29, 0.717) is 10.9 Å². The Morgan fingerprint density at radius 2 is 1.90 bits per heavy atom. The van der Waals surface area contributed by atoms with Gasteiger partial charge in [-0.2, -0.15) is 0 Å². The molecule has 1 fully saturated rings. The normalized spacial score (nSPS) is 20.5. The van der Waals surface area contributed by atoms with Gasteiger partial charge in [0.05, 0.1) is 5.69 Å². The third kappa shape index (κ3) is 3.55. The molecule has 0 N–H and O–H groups in total. The number of para-hydroxylation sites is 1. The van der Waals surface area contributed by atoms with E-state index in [9.17, 15) is 4.79 Å². The zero-order valence-electron chi connectivity index (χ0n) is 16.3. The molecular weight excluding hydrogens is 386 g/mol. The molecule has 1 saturated heterocycles. The summed E-state index contributed by atoms with van der Waals surface area (Å²) in [4.78, 5) is 18.9. The van der Waals surface area contributed by atoms with Crippen molar-refractivity contribution in [3.8, 4) is 0 Å². The Labute approximate surface area is 173 Å². The van der Waals surface area contributed by atoms with Gasteiger partial charge in [-0.1, -0.05) is 19.1 Å². The number of hydrogen-bond acceptors (Lipinski definition) is 7. The summed E-state index contributed by atoms with van der Waals surface area (Å²) in [6.07, 6.45) is 2.67. The summed E-state index contributed by atoms with van der Waals surface area (Å²) in [5.41, 5.74) is 1.70. The van der Waals surface area contributed by atoms with Crippen molar-refractivity contribution in [3.05, 3.63) is 36.4 Å². The molecule has 0 bridgehead atoms. The Bertz CT molecular complexity index is 1030. The van der Waals surface area contributed by atoms with Crippen LogP contribution in [0.3, 0.4) is 0 Å². The third-order valence-corrected chi connectivity index (χ3v) is 6.97. The molecule has 1 atom stereocenters. The van der Waals surface area contributed by atoms with Gasteiger partial charge in [-0.3, -0.25) is 4.79 Å². The number of piperidine rings is 1. The second-order valence-electron chi connectivity index (χ2n) is 7.65. The number of hydrogen-bond donors (Lipinski definition) is 0. The fourth-order valence-corrected chi connectivity index (χ4v) is 5.21. The molecule has 2 aliphatic heterocycles. The van der Waals surface area contributed by atoms with E-state index >= 15 is 0 Å². The van der Waals surface area contributed by atoms with Gasteiger partial charge in [-0.05, 0) is 54.0 Å². The number of nitrogens with zero attached hydrogens (tertiary/aromatic N) is 7. The Kier molecular flexibility index (Phi) is 4.83. The van der Waals surface area contributed by atoms with Crippen LogP contribution in [0.1, 0.15) is 26.2 Å². The number of anilines is 2. The Morgan fingerprint density at radius 3 is 2.76 bits per heavy atom. The quantitative estimate of drug-likeness (QED) is 0.644. The molecule has 5 rings (SSSR count).